The van der Waals surface area contributed by atoms with Crippen LogP contribution >= 0.6 is 15.9 Å². The minimum atomic E-state index is -0.147. The molecular weight excluding hydrogens is 320 g/mol. The zero-order chi connectivity index (χ0) is 15.1. The Morgan fingerprint density at radius 1 is 1.40 bits per heavy atom. The van der Waals surface area contributed by atoms with Crippen molar-refractivity contribution in [2.45, 2.75) is 33.2 Å². The van der Waals surface area contributed by atoms with E-state index in [9.17, 15) is 4.79 Å². The first kappa shape index (κ1) is 17.0. The Morgan fingerprint density at radius 3 is 2.70 bits per heavy atom. The van der Waals surface area contributed by atoms with E-state index in [1.165, 1.54) is 0 Å². The molecular formula is C15H23BrN2O2. The molecule has 1 rings (SSSR count). The molecule has 0 bridgehead atoms. The quantitative estimate of drug-likeness (QED) is 0.800. The van der Waals surface area contributed by atoms with Gasteiger partial charge in [-0.05, 0) is 37.5 Å². The lowest BCUT2D eigenvalue weighted by Gasteiger charge is -2.14. The first-order chi connectivity index (χ1) is 9.40. The van der Waals surface area contributed by atoms with Crippen LogP contribution in [-0.2, 0) is 4.79 Å². The molecule has 1 atom stereocenters. The number of amides is 1. The van der Waals surface area contributed by atoms with E-state index in [2.05, 4.69) is 35.1 Å². The van der Waals surface area contributed by atoms with Crippen LogP contribution in [0.25, 0.3) is 0 Å². The van der Waals surface area contributed by atoms with Gasteiger partial charge in [0.15, 0.2) is 6.61 Å². The second-order valence-corrected chi connectivity index (χ2v) is 6.21. The summed E-state index contributed by atoms with van der Waals surface area (Å²) in [6.07, 6.45) is 0.967. The maximum atomic E-state index is 11.7. The summed E-state index contributed by atoms with van der Waals surface area (Å²) >= 11 is 3.40. The highest BCUT2D eigenvalue weighted by Gasteiger charge is 2.10. The lowest BCUT2D eigenvalue weighted by atomic mass is 10.1. The van der Waals surface area contributed by atoms with Crippen molar-refractivity contribution < 1.29 is 9.53 Å². The summed E-state index contributed by atoms with van der Waals surface area (Å²) in [5, 5.41) is 2.84. The number of benzene rings is 1. The summed E-state index contributed by atoms with van der Waals surface area (Å²) in [7, 11) is 0. The zero-order valence-corrected chi connectivity index (χ0v) is 13.9. The molecule has 0 saturated carbocycles. The van der Waals surface area contributed by atoms with Crippen molar-refractivity contribution in [1.82, 2.24) is 5.32 Å². The summed E-state index contributed by atoms with van der Waals surface area (Å²) in [5.41, 5.74) is 6.79. The molecule has 0 spiro atoms. The van der Waals surface area contributed by atoms with Crippen molar-refractivity contribution in [1.29, 1.82) is 0 Å². The fourth-order valence-corrected chi connectivity index (χ4v) is 2.08. The van der Waals surface area contributed by atoms with E-state index >= 15 is 0 Å². The molecule has 0 saturated heterocycles. The van der Waals surface area contributed by atoms with Gasteiger partial charge in [-0.2, -0.15) is 0 Å². The van der Waals surface area contributed by atoms with Gasteiger partial charge >= 0.3 is 0 Å². The van der Waals surface area contributed by atoms with E-state index < -0.39 is 0 Å². The van der Waals surface area contributed by atoms with Gasteiger partial charge in [-0.1, -0.05) is 29.8 Å². The van der Waals surface area contributed by atoms with Crippen molar-refractivity contribution >= 4 is 21.8 Å². The summed E-state index contributed by atoms with van der Waals surface area (Å²) in [4.78, 5) is 11.7. The number of ether oxygens (including phenoxy) is 1. The normalized spacial score (nSPS) is 12.3. The van der Waals surface area contributed by atoms with E-state index in [0.29, 0.717) is 18.2 Å². The topological polar surface area (TPSA) is 64.3 Å². The Bertz CT molecular complexity index is 447. The Balaban J connectivity index is 2.51. The van der Waals surface area contributed by atoms with Gasteiger partial charge in [-0.25, -0.2) is 0 Å². The maximum Gasteiger partial charge on any atom is 0.257 e. The number of nitrogens with one attached hydrogen (secondary N) is 1. The van der Waals surface area contributed by atoms with Crippen LogP contribution in [0.4, 0.5) is 0 Å². The molecule has 0 aliphatic heterocycles. The van der Waals surface area contributed by atoms with Crippen LogP contribution in [0.5, 0.6) is 5.75 Å². The Hall–Kier alpha value is -1.07. The van der Waals surface area contributed by atoms with E-state index in [1.54, 1.807) is 0 Å². The van der Waals surface area contributed by atoms with Gasteiger partial charge < -0.3 is 15.8 Å². The fourth-order valence-electron chi connectivity index (χ4n) is 1.70. The molecule has 0 radical (unpaired) electrons. The highest BCUT2D eigenvalue weighted by molar-refractivity contribution is 9.10. The third-order valence-electron chi connectivity index (χ3n) is 2.87. The van der Waals surface area contributed by atoms with Crippen LogP contribution < -0.4 is 15.8 Å². The highest BCUT2D eigenvalue weighted by Crippen LogP contribution is 2.27. The largest absolute Gasteiger partial charge is 0.483 e. The molecule has 4 nitrogen and oxygen atoms in total. The standard InChI is InChI=1S/C15H23BrN2O2/c1-10(2)6-7-18-15(19)9-20-14-5-4-12(16)8-13(14)11(3)17/h4-5,8,10-11H,6-7,9,17H2,1-3H3,(H,18,19)/t11-/m0/s1. The predicted octanol–water partition coefficient (Wildman–Crippen LogP) is 3.01. The van der Waals surface area contributed by atoms with Gasteiger partial charge in [0.2, 0.25) is 0 Å². The van der Waals surface area contributed by atoms with Crippen molar-refractivity contribution in [2.24, 2.45) is 11.7 Å². The lowest BCUT2D eigenvalue weighted by Crippen LogP contribution is -2.30. The average Bonchev–Trinajstić information content (AvgIpc) is 2.36. The third-order valence-corrected chi connectivity index (χ3v) is 3.36. The Morgan fingerprint density at radius 2 is 2.10 bits per heavy atom. The molecule has 1 aromatic carbocycles. The lowest BCUT2D eigenvalue weighted by molar-refractivity contribution is -0.123. The second kappa shape index (κ2) is 8.27. The molecule has 0 unspecified atom stereocenters. The molecule has 5 heteroatoms. The summed E-state index contributed by atoms with van der Waals surface area (Å²) < 4.78 is 6.50. The number of carbonyl (C=O) groups excluding carboxylic acids is 1. The van der Waals surface area contributed by atoms with Crippen molar-refractivity contribution in [3.63, 3.8) is 0 Å². The van der Waals surface area contributed by atoms with Crippen LogP contribution in [0.15, 0.2) is 22.7 Å². The van der Waals surface area contributed by atoms with Gasteiger partial charge in [0.05, 0.1) is 0 Å². The predicted molar refractivity (Wildman–Crippen MR) is 84.7 cm³/mol. The number of carbonyl (C=O) groups is 1. The van der Waals surface area contributed by atoms with Crippen LogP contribution in [0.2, 0.25) is 0 Å². The minimum absolute atomic E-state index is 0.0133. The molecule has 0 aromatic heterocycles. The molecule has 0 aliphatic carbocycles. The smallest absolute Gasteiger partial charge is 0.257 e. The molecule has 3 N–H and O–H groups in total. The summed E-state index contributed by atoms with van der Waals surface area (Å²) in [5.74, 6) is 1.12. The third kappa shape index (κ3) is 5.92. The van der Waals surface area contributed by atoms with Crippen molar-refractivity contribution in [3.05, 3.63) is 28.2 Å². The number of halogens is 1. The summed E-state index contributed by atoms with van der Waals surface area (Å²) in [6, 6.07) is 5.46. The van der Waals surface area contributed by atoms with Gasteiger partial charge in [-0.3, -0.25) is 4.79 Å². The second-order valence-electron chi connectivity index (χ2n) is 5.29. The van der Waals surface area contributed by atoms with Gasteiger partial charge in [0.25, 0.3) is 5.91 Å². The molecule has 0 aliphatic rings. The van der Waals surface area contributed by atoms with Crippen LogP contribution in [0, 0.1) is 5.92 Å². The molecule has 112 valence electrons. The van der Waals surface area contributed by atoms with Gasteiger partial charge in [0.1, 0.15) is 5.75 Å². The fraction of sp³-hybridized carbons (Fsp3) is 0.533. The van der Waals surface area contributed by atoms with E-state index in [0.717, 1.165) is 16.5 Å². The van der Waals surface area contributed by atoms with E-state index in [1.807, 2.05) is 25.1 Å². The molecule has 0 fully saturated rings. The Labute approximate surface area is 129 Å². The zero-order valence-electron chi connectivity index (χ0n) is 12.3. The van der Waals surface area contributed by atoms with E-state index in [-0.39, 0.29) is 18.6 Å². The number of nitrogens with two attached hydrogens (primary N) is 1. The average molecular weight is 343 g/mol. The van der Waals surface area contributed by atoms with Crippen molar-refractivity contribution in [3.8, 4) is 5.75 Å². The van der Waals surface area contributed by atoms with Crippen LogP contribution in [-0.4, -0.2) is 19.1 Å². The number of rotatable bonds is 7. The minimum Gasteiger partial charge on any atom is -0.483 e. The monoisotopic (exact) mass is 342 g/mol. The number of hydrogen-bond donors (Lipinski definition) is 2. The molecule has 1 amide bonds. The SMILES string of the molecule is CC(C)CCNC(=O)COc1ccc(Br)cc1[C@H](C)N. The van der Waals surface area contributed by atoms with Crippen LogP contribution in [0.3, 0.4) is 0 Å². The number of hydrogen-bond acceptors (Lipinski definition) is 3. The summed E-state index contributed by atoms with van der Waals surface area (Å²) in [6.45, 7) is 6.83. The first-order valence-corrected chi connectivity index (χ1v) is 7.64. The highest BCUT2D eigenvalue weighted by atomic mass is 79.9. The van der Waals surface area contributed by atoms with Crippen molar-refractivity contribution in [2.75, 3.05) is 13.2 Å². The maximum absolute atomic E-state index is 11.7. The van der Waals surface area contributed by atoms with Gasteiger partial charge in [-0.15, -0.1) is 0 Å². The molecule has 1 aromatic rings. The first-order valence-electron chi connectivity index (χ1n) is 6.84. The molecule has 20 heavy (non-hydrogen) atoms. The van der Waals surface area contributed by atoms with Crippen LogP contribution in [0.1, 0.15) is 38.8 Å². The van der Waals surface area contributed by atoms with Gasteiger partial charge in [0, 0.05) is 22.6 Å². The Kier molecular flexibility index (Phi) is 7.02. The van der Waals surface area contributed by atoms with E-state index in [4.69, 9.17) is 10.5 Å². The molecule has 0 heterocycles.